The number of anilines is 1. The highest BCUT2D eigenvalue weighted by atomic mass is 32.2. The van der Waals surface area contributed by atoms with Crippen LogP contribution in [0.3, 0.4) is 0 Å². The van der Waals surface area contributed by atoms with Crippen LogP contribution in [-0.4, -0.2) is 27.4 Å². The summed E-state index contributed by atoms with van der Waals surface area (Å²) in [6.07, 6.45) is 0.815. The van der Waals surface area contributed by atoms with Gasteiger partial charge in [-0.3, -0.25) is 4.79 Å². The zero-order valence-corrected chi connectivity index (χ0v) is 21.3. The quantitative estimate of drug-likeness (QED) is 0.297. The van der Waals surface area contributed by atoms with Gasteiger partial charge in [-0.1, -0.05) is 84.9 Å². The first kappa shape index (κ1) is 23.4. The van der Waals surface area contributed by atoms with Gasteiger partial charge >= 0.3 is 0 Å². The molecule has 0 saturated heterocycles. The van der Waals surface area contributed by atoms with Crippen LogP contribution in [-0.2, 0) is 10.2 Å². The Kier molecular flexibility index (Phi) is 6.01. The van der Waals surface area contributed by atoms with Crippen molar-refractivity contribution in [1.82, 2.24) is 10.2 Å². The third kappa shape index (κ3) is 4.39. The second-order valence-corrected chi connectivity index (χ2v) is 10.9. The number of benzene rings is 3. The topological polar surface area (TPSA) is 59.2 Å². The van der Waals surface area contributed by atoms with E-state index in [1.54, 1.807) is 0 Å². The van der Waals surface area contributed by atoms with Crippen molar-refractivity contribution in [3.63, 3.8) is 0 Å². The number of aryl methyl sites for hydroxylation is 1. The lowest BCUT2D eigenvalue weighted by Gasteiger charge is -2.51. The van der Waals surface area contributed by atoms with Crippen LogP contribution in [0.5, 0.6) is 0 Å². The highest BCUT2D eigenvalue weighted by Gasteiger charge is 2.47. The number of thioether (sulfide) groups is 1. The van der Waals surface area contributed by atoms with E-state index in [0.717, 1.165) is 17.7 Å². The van der Waals surface area contributed by atoms with Crippen molar-refractivity contribution < 1.29 is 9.21 Å². The molecule has 0 unspecified atom stereocenters. The molecule has 0 fully saturated rings. The predicted molar refractivity (Wildman–Crippen MR) is 141 cm³/mol. The maximum absolute atomic E-state index is 13.6. The fraction of sp³-hybridized carbons (Fsp3) is 0.276. The Morgan fingerprint density at radius 2 is 1.63 bits per heavy atom. The molecule has 1 aliphatic heterocycles. The maximum atomic E-state index is 13.6. The van der Waals surface area contributed by atoms with Gasteiger partial charge < -0.3 is 9.32 Å². The Balaban J connectivity index is 1.40. The number of hydrogen-bond acceptors (Lipinski definition) is 5. The maximum Gasteiger partial charge on any atom is 0.277 e. The molecule has 0 bridgehead atoms. The molecule has 3 aromatic carbocycles. The third-order valence-corrected chi connectivity index (χ3v) is 7.62. The van der Waals surface area contributed by atoms with Crippen LogP contribution >= 0.6 is 11.8 Å². The van der Waals surface area contributed by atoms with E-state index in [2.05, 4.69) is 73.4 Å². The van der Waals surface area contributed by atoms with E-state index in [0.29, 0.717) is 11.1 Å². The summed E-state index contributed by atoms with van der Waals surface area (Å²) in [6.45, 7) is 8.61. The molecule has 0 saturated carbocycles. The summed E-state index contributed by atoms with van der Waals surface area (Å²) < 4.78 is 5.83. The minimum atomic E-state index is -0.376. The molecule has 0 spiro atoms. The molecule has 1 amide bonds. The second-order valence-electron chi connectivity index (χ2n) is 9.96. The van der Waals surface area contributed by atoms with Crippen molar-refractivity contribution in [3.8, 4) is 11.5 Å². The molecular formula is C29H29N3O2S. The summed E-state index contributed by atoms with van der Waals surface area (Å²) >= 11 is 1.28. The smallest absolute Gasteiger partial charge is 0.277 e. The predicted octanol–water partition coefficient (Wildman–Crippen LogP) is 6.66. The summed E-state index contributed by atoms with van der Waals surface area (Å²) in [7, 11) is 0. The van der Waals surface area contributed by atoms with Gasteiger partial charge in [0.2, 0.25) is 11.8 Å². The van der Waals surface area contributed by atoms with Crippen LogP contribution in [0, 0.1) is 6.92 Å². The van der Waals surface area contributed by atoms with Gasteiger partial charge in [0.15, 0.2) is 0 Å². The molecule has 2 heterocycles. The monoisotopic (exact) mass is 483 g/mol. The van der Waals surface area contributed by atoms with Crippen LogP contribution in [0.15, 0.2) is 88.5 Å². The molecule has 6 heteroatoms. The van der Waals surface area contributed by atoms with Crippen molar-refractivity contribution in [2.24, 2.45) is 0 Å². The third-order valence-electron chi connectivity index (χ3n) is 6.82. The largest absolute Gasteiger partial charge is 0.411 e. The first-order valence-electron chi connectivity index (χ1n) is 11.8. The summed E-state index contributed by atoms with van der Waals surface area (Å²) in [6, 6.07) is 26.8. The summed E-state index contributed by atoms with van der Waals surface area (Å²) in [5, 5.41) is 8.71. The Morgan fingerprint density at radius 3 is 2.37 bits per heavy atom. The van der Waals surface area contributed by atoms with E-state index in [1.807, 2.05) is 48.2 Å². The van der Waals surface area contributed by atoms with Gasteiger partial charge in [0.1, 0.15) is 0 Å². The minimum absolute atomic E-state index is 0.0256. The Bertz CT molecular complexity index is 1350. The normalized spacial score (nSPS) is 18.8. The number of para-hydroxylation sites is 1. The lowest BCUT2D eigenvalue weighted by atomic mass is 9.65. The van der Waals surface area contributed by atoms with Gasteiger partial charge in [-0.15, -0.1) is 10.2 Å². The van der Waals surface area contributed by atoms with Gasteiger partial charge in [-0.25, -0.2) is 0 Å². The molecule has 5 rings (SSSR count). The van der Waals surface area contributed by atoms with Gasteiger partial charge in [-0.2, -0.15) is 0 Å². The molecule has 1 atom stereocenters. The van der Waals surface area contributed by atoms with Crippen molar-refractivity contribution in [1.29, 1.82) is 0 Å². The summed E-state index contributed by atoms with van der Waals surface area (Å²) in [4.78, 5) is 15.6. The average molecular weight is 484 g/mol. The molecule has 5 nitrogen and oxygen atoms in total. The number of fused-ring (bicyclic) bond motifs is 1. The van der Waals surface area contributed by atoms with E-state index >= 15 is 0 Å². The van der Waals surface area contributed by atoms with Crippen molar-refractivity contribution in [2.45, 2.75) is 50.3 Å². The van der Waals surface area contributed by atoms with Crippen LogP contribution in [0.4, 0.5) is 5.69 Å². The fourth-order valence-electron chi connectivity index (χ4n) is 5.31. The van der Waals surface area contributed by atoms with Crippen molar-refractivity contribution in [2.75, 3.05) is 10.7 Å². The first-order valence-corrected chi connectivity index (χ1v) is 12.8. The van der Waals surface area contributed by atoms with Gasteiger partial charge in [0.05, 0.1) is 5.75 Å². The minimum Gasteiger partial charge on any atom is -0.411 e. The van der Waals surface area contributed by atoms with Gasteiger partial charge in [0.25, 0.3) is 5.22 Å². The van der Waals surface area contributed by atoms with E-state index in [4.69, 9.17) is 4.42 Å². The molecule has 0 N–H and O–H groups in total. The Morgan fingerprint density at radius 1 is 0.943 bits per heavy atom. The molecule has 1 aliphatic rings. The highest BCUT2D eigenvalue weighted by Crippen LogP contribution is 2.50. The number of carbonyl (C=O) groups is 1. The fourth-order valence-corrected chi connectivity index (χ4v) is 5.92. The number of nitrogens with zero attached hydrogens (tertiary/aromatic N) is 3. The van der Waals surface area contributed by atoms with Crippen LogP contribution in [0.1, 0.15) is 43.9 Å². The zero-order chi connectivity index (χ0) is 24.6. The average Bonchev–Trinajstić information content (AvgIpc) is 3.32. The lowest BCUT2D eigenvalue weighted by molar-refractivity contribution is -0.117. The molecule has 35 heavy (non-hydrogen) atoms. The Labute approximate surface area is 210 Å². The molecule has 178 valence electrons. The van der Waals surface area contributed by atoms with Gasteiger partial charge in [-0.05, 0) is 56.5 Å². The summed E-state index contributed by atoms with van der Waals surface area (Å²) in [5.74, 6) is 0.704. The molecule has 0 aliphatic carbocycles. The van der Waals surface area contributed by atoms with Crippen LogP contribution < -0.4 is 4.90 Å². The number of amides is 1. The van der Waals surface area contributed by atoms with Crippen molar-refractivity contribution >= 4 is 23.4 Å². The van der Waals surface area contributed by atoms with E-state index in [1.165, 1.54) is 28.5 Å². The molecule has 1 aromatic heterocycles. The van der Waals surface area contributed by atoms with Crippen molar-refractivity contribution in [3.05, 3.63) is 95.6 Å². The molecular weight excluding hydrogens is 454 g/mol. The van der Waals surface area contributed by atoms with Crippen LogP contribution in [0.25, 0.3) is 11.5 Å². The number of rotatable bonds is 5. The van der Waals surface area contributed by atoms with E-state index < -0.39 is 0 Å². The lowest BCUT2D eigenvalue weighted by Crippen LogP contribution is -2.56. The standard InChI is InChI=1S/C29H29N3O2S/c1-20-14-16-21(17-15-20)26-30-31-27(34-26)35-18-25(33)32-24-13-9-8-12-23(24)29(4,19-28(32,2)3)22-10-6-5-7-11-22/h5-17H,18-19H2,1-4H3/t29-/m1/s1. The van der Waals surface area contributed by atoms with E-state index in [9.17, 15) is 4.79 Å². The van der Waals surface area contributed by atoms with Gasteiger partial charge in [0, 0.05) is 22.2 Å². The molecule has 0 radical (unpaired) electrons. The second kappa shape index (κ2) is 9.00. The number of hydrogen-bond donors (Lipinski definition) is 0. The SMILES string of the molecule is Cc1ccc(-c2nnc(SCC(=O)N3c4ccccc4[C@@](C)(c4ccccc4)CC3(C)C)o2)cc1. The first-order chi connectivity index (χ1) is 16.8. The number of aromatic nitrogens is 2. The highest BCUT2D eigenvalue weighted by molar-refractivity contribution is 7.99. The zero-order valence-electron chi connectivity index (χ0n) is 20.5. The summed E-state index contributed by atoms with van der Waals surface area (Å²) in [5.41, 5.74) is 4.86. The molecule has 4 aromatic rings. The van der Waals surface area contributed by atoms with Crippen LogP contribution in [0.2, 0.25) is 0 Å². The Hall–Kier alpha value is -3.38. The number of carbonyl (C=O) groups excluding carboxylic acids is 1. The van der Waals surface area contributed by atoms with E-state index in [-0.39, 0.29) is 22.6 Å².